The number of rotatable bonds is 2. The monoisotopic (exact) mass is 322 g/mol. The van der Waals surface area contributed by atoms with Gasteiger partial charge in [-0.25, -0.2) is 0 Å². The van der Waals surface area contributed by atoms with Crippen molar-refractivity contribution in [1.29, 1.82) is 0 Å². The van der Waals surface area contributed by atoms with Crippen LogP contribution in [0.15, 0.2) is 53.1 Å². The lowest BCUT2D eigenvalue weighted by Crippen LogP contribution is -2.27. The maximum atomic E-state index is 12.9. The smallest absolute Gasteiger partial charge is 0.186 e. The van der Waals surface area contributed by atoms with Gasteiger partial charge in [-0.05, 0) is 52.2 Å². The van der Waals surface area contributed by atoms with Crippen LogP contribution in [0.5, 0.6) is 0 Å². The average Bonchev–Trinajstić information content (AvgIpc) is 2.47. The topological polar surface area (TPSA) is 17.1 Å². The summed E-state index contributed by atoms with van der Waals surface area (Å²) in [6.07, 6.45) is 7.34. The summed E-state index contributed by atoms with van der Waals surface area (Å²) in [4.78, 5) is 12.9. The van der Waals surface area contributed by atoms with E-state index < -0.39 is 0 Å². The van der Waals surface area contributed by atoms with Crippen LogP contribution in [0.25, 0.3) is 6.08 Å². The lowest BCUT2D eigenvalue weighted by atomic mass is 9.72. The number of hydrogen-bond acceptors (Lipinski definition) is 1. The van der Waals surface area contributed by atoms with Crippen molar-refractivity contribution in [1.82, 2.24) is 0 Å². The third-order valence-electron chi connectivity index (χ3n) is 4.45. The third kappa shape index (κ3) is 4.14. The van der Waals surface area contributed by atoms with Crippen molar-refractivity contribution in [2.75, 3.05) is 0 Å². The summed E-state index contributed by atoms with van der Waals surface area (Å²) in [5.74, 6) is 0.188. The van der Waals surface area contributed by atoms with Crippen molar-refractivity contribution in [2.45, 2.75) is 54.9 Å². The van der Waals surface area contributed by atoms with Gasteiger partial charge in [0.05, 0.1) is 0 Å². The minimum Gasteiger partial charge on any atom is -0.289 e. The van der Waals surface area contributed by atoms with E-state index in [-0.39, 0.29) is 16.6 Å². The number of Topliss-reactive ketones (excluding diaryl/α,β-unsaturated/α-hetero) is 1. The van der Waals surface area contributed by atoms with Gasteiger partial charge in [0.1, 0.15) is 0 Å². The standard InChI is InChI=1S/C23H30O/c1-8-16-9-11-17(12-10-16)13-18-14-19(22(2,3)4)21(24)20(15-18)23(5,6)7/h9-15H,8H2,1-7H3. The quantitative estimate of drug-likeness (QED) is 0.637. The van der Waals surface area contributed by atoms with Crippen LogP contribution >= 0.6 is 0 Å². The van der Waals surface area contributed by atoms with Crippen LogP contribution in [-0.4, -0.2) is 5.78 Å². The number of ketones is 1. The summed E-state index contributed by atoms with van der Waals surface area (Å²) in [5, 5.41) is 0. The highest BCUT2D eigenvalue weighted by atomic mass is 16.1. The summed E-state index contributed by atoms with van der Waals surface area (Å²) >= 11 is 0. The molecule has 0 radical (unpaired) electrons. The molecule has 1 aliphatic carbocycles. The van der Waals surface area contributed by atoms with E-state index in [2.05, 4.69) is 91.0 Å². The Hall–Kier alpha value is -1.89. The second-order valence-corrected chi connectivity index (χ2v) is 8.68. The highest BCUT2D eigenvalue weighted by Crippen LogP contribution is 2.39. The molecule has 0 spiro atoms. The van der Waals surface area contributed by atoms with Crippen LogP contribution in [0, 0.1) is 10.8 Å². The van der Waals surface area contributed by atoms with E-state index >= 15 is 0 Å². The van der Waals surface area contributed by atoms with Gasteiger partial charge in [-0.2, -0.15) is 0 Å². The predicted octanol–water partition coefficient (Wildman–Crippen LogP) is 6.16. The van der Waals surface area contributed by atoms with Gasteiger partial charge in [0.15, 0.2) is 5.78 Å². The average molecular weight is 322 g/mol. The second-order valence-electron chi connectivity index (χ2n) is 8.68. The molecule has 0 atom stereocenters. The minimum absolute atomic E-state index is 0.160. The Labute approximate surface area is 147 Å². The van der Waals surface area contributed by atoms with Crippen LogP contribution < -0.4 is 0 Å². The first-order valence-electron chi connectivity index (χ1n) is 8.82. The van der Waals surface area contributed by atoms with Crippen LogP contribution in [0.4, 0.5) is 0 Å². The molecule has 24 heavy (non-hydrogen) atoms. The first-order chi connectivity index (χ1) is 11.0. The van der Waals surface area contributed by atoms with E-state index in [1.807, 2.05) is 0 Å². The Balaban J connectivity index is 2.52. The van der Waals surface area contributed by atoms with Gasteiger partial charge in [0.2, 0.25) is 0 Å². The molecule has 0 aliphatic heterocycles. The lowest BCUT2D eigenvalue weighted by Gasteiger charge is -2.31. The molecular formula is C23H30O. The zero-order valence-electron chi connectivity index (χ0n) is 16.2. The fraction of sp³-hybridized carbons (Fsp3) is 0.435. The SMILES string of the molecule is CCc1ccc(C=C2C=C(C(C)(C)C)C(=O)C(C(C)(C)C)=C2)cc1. The summed E-state index contributed by atoms with van der Waals surface area (Å²) in [7, 11) is 0. The van der Waals surface area contributed by atoms with Crippen molar-refractivity contribution < 1.29 is 4.79 Å². The van der Waals surface area contributed by atoms with Crippen molar-refractivity contribution >= 4 is 11.9 Å². The van der Waals surface area contributed by atoms with Gasteiger partial charge in [-0.15, -0.1) is 0 Å². The molecule has 0 saturated heterocycles. The van der Waals surface area contributed by atoms with Crippen LogP contribution in [0.1, 0.15) is 59.6 Å². The van der Waals surface area contributed by atoms with E-state index in [1.165, 1.54) is 11.1 Å². The predicted molar refractivity (Wildman–Crippen MR) is 104 cm³/mol. The lowest BCUT2D eigenvalue weighted by molar-refractivity contribution is -0.114. The largest absolute Gasteiger partial charge is 0.289 e. The molecule has 1 aromatic carbocycles. The highest BCUT2D eigenvalue weighted by molar-refractivity contribution is 6.12. The summed E-state index contributed by atoms with van der Waals surface area (Å²) < 4.78 is 0. The number of carbonyl (C=O) groups is 1. The molecule has 2 rings (SSSR count). The fourth-order valence-electron chi connectivity index (χ4n) is 2.89. The third-order valence-corrected chi connectivity index (χ3v) is 4.45. The number of hydrogen-bond donors (Lipinski definition) is 0. The number of benzene rings is 1. The molecule has 0 saturated carbocycles. The van der Waals surface area contributed by atoms with Crippen molar-refractivity contribution in [3.8, 4) is 0 Å². The van der Waals surface area contributed by atoms with Crippen LogP contribution in [-0.2, 0) is 11.2 Å². The van der Waals surface area contributed by atoms with Gasteiger partial charge in [0.25, 0.3) is 0 Å². The van der Waals surface area contributed by atoms with Gasteiger partial charge in [0, 0.05) is 11.1 Å². The highest BCUT2D eigenvalue weighted by Gasteiger charge is 2.33. The molecule has 0 aromatic heterocycles. The number of allylic oxidation sites excluding steroid dienone is 5. The van der Waals surface area contributed by atoms with Crippen LogP contribution in [0.3, 0.4) is 0 Å². The molecule has 1 heteroatoms. The molecule has 1 aromatic rings. The van der Waals surface area contributed by atoms with Crippen molar-refractivity contribution in [3.63, 3.8) is 0 Å². The first kappa shape index (κ1) is 18.4. The molecule has 0 unspecified atom stereocenters. The molecule has 128 valence electrons. The molecule has 0 amide bonds. The Morgan fingerprint density at radius 2 is 1.29 bits per heavy atom. The molecule has 0 bridgehead atoms. The van der Waals surface area contributed by atoms with E-state index in [1.54, 1.807) is 0 Å². The van der Waals surface area contributed by atoms with E-state index in [0.29, 0.717) is 0 Å². The Morgan fingerprint density at radius 3 is 1.67 bits per heavy atom. The fourth-order valence-corrected chi connectivity index (χ4v) is 2.89. The van der Waals surface area contributed by atoms with Gasteiger partial charge in [-0.1, -0.05) is 72.7 Å². The maximum Gasteiger partial charge on any atom is 0.186 e. The van der Waals surface area contributed by atoms with Gasteiger partial charge in [-0.3, -0.25) is 4.79 Å². The zero-order chi connectivity index (χ0) is 18.1. The summed E-state index contributed by atoms with van der Waals surface area (Å²) in [6, 6.07) is 8.64. The van der Waals surface area contributed by atoms with E-state index in [9.17, 15) is 4.79 Å². The number of carbonyl (C=O) groups excluding carboxylic acids is 1. The normalized spacial score (nSPS) is 16.0. The molecule has 0 fully saturated rings. The maximum absolute atomic E-state index is 12.9. The Morgan fingerprint density at radius 1 is 0.833 bits per heavy atom. The van der Waals surface area contributed by atoms with Crippen LogP contribution in [0.2, 0.25) is 0 Å². The molecule has 1 aliphatic rings. The number of aryl methyl sites for hydroxylation is 1. The van der Waals surface area contributed by atoms with Gasteiger partial charge < -0.3 is 0 Å². The molecule has 1 nitrogen and oxygen atoms in total. The second kappa shape index (κ2) is 6.55. The minimum atomic E-state index is -0.160. The molecule has 0 N–H and O–H groups in total. The summed E-state index contributed by atoms with van der Waals surface area (Å²) in [6.45, 7) is 14.8. The Kier molecular flexibility index (Phi) is 5.03. The van der Waals surface area contributed by atoms with E-state index in [0.717, 1.165) is 23.1 Å². The van der Waals surface area contributed by atoms with Gasteiger partial charge >= 0.3 is 0 Å². The van der Waals surface area contributed by atoms with Crippen molar-refractivity contribution in [3.05, 3.63) is 64.3 Å². The molecular weight excluding hydrogens is 292 g/mol. The Bertz CT molecular complexity index is 675. The zero-order valence-corrected chi connectivity index (χ0v) is 16.2. The van der Waals surface area contributed by atoms with E-state index in [4.69, 9.17) is 0 Å². The van der Waals surface area contributed by atoms with Crippen molar-refractivity contribution in [2.24, 2.45) is 10.8 Å². The summed E-state index contributed by atoms with van der Waals surface area (Å²) in [5.41, 5.74) is 5.09. The molecule has 0 heterocycles. The first-order valence-corrected chi connectivity index (χ1v) is 8.82.